The fourth-order valence-electron chi connectivity index (χ4n) is 2.03. The lowest BCUT2D eigenvalue weighted by Gasteiger charge is -2.07. The van der Waals surface area contributed by atoms with Gasteiger partial charge < -0.3 is 8.94 Å². The lowest BCUT2D eigenvalue weighted by molar-refractivity contribution is 0.414. The maximum Gasteiger partial charge on any atom is 0.265 e. The minimum atomic E-state index is -3.73. The summed E-state index contributed by atoms with van der Waals surface area (Å²) in [5.41, 5.74) is 1.54. The second-order valence-corrected chi connectivity index (χ2v) is 6.53. The molecule has 0 atom stereocenters. The van der Waals surface area contributed by atoms with Gasteiger partial charge in [0, 0.05) is 17.8 Å². The number of nitrogens with one attached hydrogen (secondary N) is 1. The first kappa shape index (κ1) is 14.4. The minimum absolute atomic E-state index is 0.0690. The molecule has 6 nitrogen and oxygen atoms in total. The Kier molecular flexibility index (Phi) is 3.50. The van der Waals surface area contributed by atoms with E-state index in [1.807, 2.05) is 19.1 Å². The molecule has 1 N–H and O–H groups in total. The quantitative estimate of drug-likeness (QED) is 0.797. The van der Waals surface area contributed by atoms with E-state index < -0.39 is 10.0 Å². The third-order valence-corrected chi connectivity index (χ3v) is 4.63. The van der Waals surface area contributed by atoms with Crippen molar-refractivity contribution in [2.75, 3.05) is 4.72 Å². The van der Waals surface area contributed by atoms with Gasteiger partial charge in [0.25, 0.3) is 10.0 Å². The van der Waals surface area contributed by atoms with Crippen LogP contribution in [-0.4, -0.2) is 13.6 Å². The van der Waals surface area contributed by atoms with Crippen molar-refractivity contribution in [1.82, 2.24) is 5.16 Å². The molecule has 0 saturated carbocycles. The first-order valence-electron chi connectivity index (χ1n) is 6.57. The number of sulfonamides is 1. The molecule has 0 fully saturated rings. The normalized spacial score (nSPS) is 11.5. The highest BCUT2D eigenvalue weighted by molar-refractivity contribution is 7.92. The molecular weight excluding hydrogens is 304 g/mol. The van der Waals surface area contributed by atoms with Gasteiger partial charge >= 0.3 is 0 Å². The highest BCUT2D eigenvalue weighted by atomic mass is 32.2. The molecule has 22 heavy (non-hydrogen) atoms. The van der Waals surface area contributed by atoms with Crippen LogP contribution in [0.15, 0.2) is 56.4 Å². The summed E-state index contributed by atoms with van der Waals surface area (Å²) in [6, 6.07) is 10.1. The third kappa shape index (κ3) is 2.75. The van der Waals surface area contributed by atoms with Gasteiger partial charge in [0.05, 0.1) is 6.20 Å². The molecule has 0 radical (unpaired) electrons. The molecule has 7 heteroatoms. The van der Waals surface area contributed by atoms with E-state index in [1.54, 1.807) is 25.1 Å². The Bertz CT molecular complexity index is 878. The molecule has 0 saturated heterocycles. The first-order valence-corrected chi connectivity index (χ1v) is 8.05. The van der Waals surface area contributed by atoms with Crippen LogP contribution in [0, 0.1) is 13.8 Å². The van der Waals surface area contributed by atoms with Crippen LogP contribution in [0.4, 0.5) is 5.69 Å². The highest BCUT2D eigenvalue weighted by Gasteiger charge is 2.23. The Morgan fingerprint density at radius 2 is 1.77 bits per heavy atom. The zero-order valence-corrected chi connectivity index (χ0v) is 12.8. The van der Waals surface area contributed by atoms with Gasteiger partial charge in [-0.2, -0.15) is 0 Å². The average molecular weight is 318 g/mol. The second-order valence-electron chi connectivity index (χ2n) is 4.88. The zero-order valence-electron chi connectivity index (χ0n) is 12.0. The van der Waals surface area contributed by atoms with Crippen LogP contribution >= 0.6 is 0 Å². The summed E-state index contributed by atoms with van der Waals surface area (Å²) in [5.74, 6) is 0.977. The Labute approximate surface area is 127 Å². The van der Waals surface area contributed by atoms with Gasteiger partial charge in [-0.25, -0.2) is 8.42 Å². The topological polar surface area (TPSA) is 85.3 Å². The Morgan fingerprint density at radius 3 is 2.41 bits per heavy atom. The zero-order chi connectivity index (χ0) is 15.7. The van der Waals surface area contributed by atoms with Gasteiger partial charge in [-0.1, -0.05) is 22.9 Å². The largest absolute Gasteiger partial charge is 0.456 e. The smallest absolute Gasteiger partial charge is 0.265 e. The number of anilines is 1. The summed E-state index contributed by atoms with van der Waals surface area (Å²) >= 11 is 0. The van der Waals surface area contributed by atoms with Crippen LogP contribution < -0.4 is 4.72 Å². The van der Waals surface area contributed by atoms with Crippen LogP contribution in [0.1, 0.15) is 11.3 Å². The first-order chi connectivity index (χ1) is 10.5. The van der Waals surface area contributed by atoms with Crippen molar-refractivity contribution in [2.24, 2.45) is 0 Å². The summed E-state index contributed by atoms with van der Waals surface area (Å²) in [5, 5.41) is 3.58. The van der Waals surface area contributed by atoms with Gasteiger partial charge in [-0.05, 0) is 26.0 Å². The van der Waals surface area contributed by atoms with Crippen molar-refractivity contribution in [3.8, 4) is 11.5 Å². The minimum Gasteiger partial charge on any atom is -0.456 e. The molecule has 0 aliphatic carbocycles. The summed E-state index contributed by atoms with van der Waals surface area (Å²) < 4.78 is 37.9. The number of nitrogens with zero attached hydrogens (tertiary/aromatic N) is 1. The predicted octanol–water partition coefficient (Wildman–Crippen LogP) is 3.35. The van der Waals surface area contributed by atoms with Gasteiger partial charge in [-0.15, -0.1) is 0 Å². The van der Waals surface area contributed by atoms with Crippen LogP contribution in [0.5, 0.6) is 0 Å². The molecule has 3 aromatic rings. The van der Waals surface area contributed by atoms with Crippen molar-refractivity contribution >= 4 is 15.7 Å². The number of furan rings is 1. The van der Waals surface area contributed by atoms with Crippen LogP contribution in [0.2, 0.25) is 0 Å². The van der Waals surface area contributed by atoms with E-state index in [1.165, 1.54) is 12.3 Å². The molecule has 0 bridgehead atoms. The van der Waals surface area contributed by atoms with Gasteiger partial charge in [0.15, 0.2) is 5.76 Å². The molecule has 0 aliphatic rings. The molecule has 114 valence electrons. The van der Waals surface area contributed by atoms with E-state index in [-0.39, 0.29) is 10.7 Å². The molecular formula is C15H14N2O4S. The number of hydrogen-bond acceptors (Lipinski definition) is 5. The van der Waals surface area contributed by atoms with Crippen molar-refractivity contribution in [1.29, 1.82) is 0 Å². The lowest BCUT2D eigenvalue weighted by Crippen LogP contribution is -2.13. The van der Waals surface area contributed by atoms with E-state index in [0.29, 0.717) is 17.2 Å². The van der Waals surface area contributed by atoms with E-state index in [2.05, 4.69) is 9.88 Å². The number of rotatable bonds is 4. The van der Waals surface area contributed by atoms with Crippen molar-refractivity contribution in [2.45, 2.75) is 18.7 Å². The fraction of sp³-hybridized carbons (Fsp3) is 0.133. The SMILES string of the molecule is Cc1ccc(NS(=O)(=O)c2cc(-c3ccno3)oc2C)cc1. The second kappa shape index (κ2) is 5.34. The van der Waals surface area contributed by atoms with Crippen LogP contribution in [0.3, 0.4) is 0 Å². The number of aryl methyl sites for hydroxylation is 2. The molecule has 2 heterocycles. The van der Waals surface area contributed by atoms with Gasteiger partial charge in [0.1, 0.15) is 10.7 Å². The molecule has 0 unspecified atom stereocenters. The van der Waals surface area contributed by atoms with Crippen molar-refractivity contribution in [3.63, 3.8) is 0 Å². The van der Waals surface area contributed by atoms with Crippen molar-refractivity contribution in [3.05, 3.63) is 53.9 Å². The average Bonchev–Trinajstić information content (AvgIpc) is 3.10. The van der Waals surface area contributed by atoms with Gasteiger partial charge in [0.2, 0.25) is 5.76 Å². The van der Waals surface area contributed by atoms with Gasteiger partial charge in [-0.3, -0.25) is 4.72 Å². The highest BCUT2D eigenvalue weighted by Crippen LogP contribution is 2.29. The van der Waals surface area contributed by atoms with E-state index in [0.717, 1.165) is 5.56 Å². The lowest BCUT2D eigenvalue weighted by atomic mass is 10.2. The Morgan fingerprint density at radius 1 is 1.05 bits per heavy atom. The van der Waals surface area contributed by atoms with E-state index in [4.69, 9.17) is 8.94 Å². The van der Waals surface area contributed by atoms with Crippen LogP contribution in [0.25, 0.3) is 11.5 Å². The van der Waals surface area contributed by atoms with Crippen LogP contribution in [-0.2, 0) is 10.0 Å². The monoisotopic (exact) mass is 318 g/mol. The molecule has 0 aliphatic heterocycles. The maximum atomic E-state index is 12.5. The Hall–Kier alpha value is -2.54. The summed E-state index contributed by atoms with van der Waals surface area (Å²) in [6.45, 7) is 3.52. The summed E-state index contributed by atoms with van der Waals surface area (Å²) in [4.78, 5) is 0.0690. The summed E-state index contributed by atoms with van der Waals surface area (Å²) in [7, 11) is -3.73. The molecule has 3 rings (SSSR count). The standard InChI is InChI=1S/C15H14N2O4S/c1-10-3-5-12(6-4-10)17-22(18,19)15-9-14(20-11(15)2)13-7-8-16-21-13/h3-9,17H,1-2H3. The third-order valence-electron chi connectivity index (χ3n) is 3.15. The molecule has 2 aromatic heterocycles. The summed E-state index contributed by atoms with van der Waals surface area (Å²) in [6.07, 6.45) is 1.46. The number of benzene rings is 1. The van der Waals surface area contributed by atoms with E-state index in [9.17, 15) is 8.42 Å². The fourth-order valence-corrected chi connectivity index (χ4v) is 3.27. The van der Waals surface area contributed by atoms with Crippen molar-refractivity contribution < 1.29 is 17.4 Å². The Balaban J connectivity index is 1.94. The maximum absolute atomic E-state index is 12.5. The van der Waals surface area contributed by atoms with E-state index >= 15 is 0 Å². The molecule has 1 aromatic carbocycles. The number of hydrogen-bond donors (Lipinski definition) is 1. The molecule has 0 amide bonds. The molecule has 0 spiro atoms. The predicted molar refractivity (Wildman–Crippen MR) is 80.9 cm³/mol. The number of aromatic nitrogens is 1.